The van der Waals surface area contributed by atoms with E-state index in [1.807, 2.05) is 0 Å². The smallest absolute Gasteiger partial charge is 0.324 e. The predicted molar refractivity (Wildman–Crippen MR) is 88.0 cm³/mol. The molecule has 25 heavy (non-hydrogen) atoms. The Bertz CT molecular complexity index is 772. The van der Waals surface area contributed by atoms with E-state index in [-0.39, 0.29) is 23.7 Å². The Kier molecular flexibility index (Phi) is 4.97. The minimum Gasteiger partial charge on any atom is -0.465 e. The maximum Gasteiger partial charge on any atom is 0.324 e. The Morgan fingerprint density at radius 3 is 2.80 bits per heavy atom. The lowest BCUT2D eigenvalue weighted by Gasteiger charge is -2.28. The highest BCUT2D eigenvalue weighted by Crippen LogP contribution is 2.40. The lowest BCUT2D eigenvalue weighted by atomic mass is 9.93. The van der Waals surface area contributed by atoms with Crippen LogP contribution in [0.1, 0.15) is 39.0 Å². The van der Waals surface area contributed by atoms with Crippen LogP contribution in [0.2, 0.25) is 0 Å². The molecule has 138 valence electrons. The first-order valence-electron chi connectivity index (χ1n) is 8.57. The molecule has 1 saturated carbocycles. The Morgan fingerprint density at radius 2 is 2.16 bits per heavy atom. The van der Waals surface area contributed by atoms with Crippen LogP contribution in [0.25, 0.3) is 0 Å². The first kappa shape index (κ1) is 18.1. The third kappa shape index (κ3) is 3.22. The van der Waals surface area contributed by atoms with Gasteiger partial charge >= 0.3 is 5.97 Å². The number of hydrogen-bond acceptors (Lipinski definition) is 6. The summed E-state index contributed by atoms with van der Waals surface area (Å²) in [6.07, 6.45) is 5.41. The summed E-state index contributed by atoms with van der Waals surface area (Å²) in [4.78, 5) is 24.9. The number of sulfonamides is 1. The lowest BCUT2D eigenvalue weighted by molar-refractivity contribution is -0.147. The van der Waals surface area contributed by atoms with Crippen molar-refractivity contribution in [3.8, 4) is 0 Å². The Morgan fingerprint density at radius 1 is 1.40 bits per heavy atom. The molecule has 0 unspecified atom stereocenters. The minimum atomic E-state index is -3.94. The molecule has 0 radical (unpaired) electrons. The van der Waals surface area contributed by atoms with Crippen LogP contribution in [0.5, 0.6) is 0 Å². The zero-order chi connectivity index (χ0) is 18.2. The summed E-state index contributed by atoms with van der Waals surface area (Å²) in [5.41, 5.74) is 0. The third-order valence-corrected chi connectivity index (χ3v) is 6.86. The number of aromatic nitrogens is 2. The van der Waals surface area contributed by atoms with Crippen LogP contribution >= 0.6 is 0 Å². The topological polar surface area (TPSA) is 98.6 Å². The van der Waals surface area contributed by atoms with Gasteiger partial charge in [-0.1, -0.05) is 6.42 Å². The summed E-state index contributed by atoms with van der Waals surface area (Å²) in [6, 6.07) is -1.45. The lowest BCUT2D eigenvalue weighted by Crippen LogP contribution is -2.46. The Balaban J connectivity index is 2.03. The van der Waals surface area contributed by atoms with Gasteiger partial charge in [-0.25, -0.2) is 8.42 Å². The first-order valence-corrected chi connectivity index (χ1v) is 10.0. The third-order valence-electron chi connectivity index (χ3n) is 4.98. The summed E-state index contributed by atoms with van der Waals surface area (Å²) in [7, 11) is -2.31. The number of Topliss-reactive ketones (excluding diaryl/α,β-unsaturated/α-hetero) is 1. The molecule has 0 spiro atoms. The van der Waals surface area contributed by atoms with Crippen molar-refractivity contribution in [2.24, 2.45) is 13.0 Å². The average Bonchev–Trinajstić information content (AvgIpc) is 3.12. The van der Waals surface area contributed by atoms with Crippen molar-refractivity contribution in [3.63, 3.8) is 0 Å². The van der Waals surface area contributed by atoms with E-state index in [1.54, 1.807) is 14.0 Å². The van der Waals surface area contributed by atoms with Gasteiger partial charge in [0.1, 0.15) is 16.7 Å². The fourth-order valence-electron chi connectivity index (χ4n) is 3.86. The van der Waals surface area contributed by atoms with Gasteiger partial charge in [-0.3, -0.25) is 14.3 Å². The van der Waals surface area contributed by atoms with Crippen LogP contribution < -0.4 is 0 Å². The molecule has 2 aliphatic rings. The normalized spacial score (nSPS) is 27.8. The minimum absolute atomic E-state index is 0.0293. The van der Waals surface area contributed by atoms with E-state index in [0.717, 1.165) is 12.8 Å². The van der Waals surface area contributed by atoms with Gasteiger partial charge in [0.2, 0.25) is 10.0 Å². The molecule has 0 amide bonds. The van der Waals surface area contributed by atoms with Crippen molar-refractivity contribution in [1.82, 2.24) is 14.1 Å². The maximum atomic E-state index is 13.2. The number of aryl methyl sites for hydroxylation is 1. The molecule has 3 rings (SSSR count). The van der Waals surface area contributed by atoms with E-state index in [2.05, 4.69) is 5.10 Å². The number of carbonyl (C=O) groups is 2. The molecular weight excluding hydrogens is 346 g/mol. The monoisotopic (exact) mass is 369 g/mol. The van der Waals surface area contributed by atoms with Gasteiger partial charge in [-0.15, -0.1) is 0 Å². The van der Waals surface area contributed by atoms with Crippen LogP contribution in [-0.2, 0) is 31.4 Å². The van der Waals surface area contributed by atoms with Gasteiger partial charge in [0, 0.05) is 31.6 Å². The molecular formula is C16H23N3O5S. The zero-order valence-corrected chi connectivity index (χ0v) is 15.2. The van der Waals surface area contributed by atoms with Crippen LogP contribution in [0.4, 0.5) is 0 Å². The van der Waals surface area contributed by atoms with Crippen LogP contribution in [0.15, 0.2) is 17.3 Å². The number of fused-ring (bicyclic) bond motifs is 1. The largest absolute Gasteiger partial charge is 0.465 e. The number of ketones is 1. The Hall–Kier alpha value is -1.74. The number of rotatable bonds is 4. The van der Waals surface area contributed by atoms with E-state index >= 15 is 0 Å². The average molecular weight is 369 g/mol. The van der Waals surface area contributed by atoms with E-state index in [0.29, 0.717) is 12.8 Å². The number of nitrogens with zero attached hydrogens (tertiary/aromatic N) is 3. The predicted octanol–water partition coefficient (Wildman–Crippen LogP) is 0.874. The summed E-state index contributed by atoms with van der Waals surface area (Å²) in [6.45, 7) is 1.84. The highest BCUT2D eigenvalue weighted by Gasteiger charge is 2.53. The first-order chi connectivity index (χ1) is 11.9. The zero-order valence-electron chi connectivity index (χ0n) is 14.4. The number of hydrogen-bond donors (Lipinski definition) is 0. The van der Waals surface area contributed by atoms with Crippen LogP contribution in [-0.4, -0.2) is 52.9 Å². The van der Waals surface area contributed by atoms with Crippen molar-refractivity contribution in [3.05, 3.63) is 12.4 Å². The fourth-order valence-corrected chi connectivity index (χ4v) is 5.69. The van der Waals surface area contributed by atoms with Crippen LogP contribution in [0, 0.1) is 5.92 Å². The number of ether oxygens (including phenoxy) is 1. The fraction of sp³-hybridized carbons (Fsp3) is 0.688. The van der Waals surface area contributed by atoms with Crippen molar-refractivity contribution < 1.29 is 22.7 Å². The standard InChI is InChI=1S/C16H23N3O5S/c1-3-24-16(21)14-8-12-13(6-4-5-7-15(12)20)19(14)25(22,23)11-9-17-18(2)10-11/h9-10,12-14H,3-8H2,1-2H3/t12-,13-,14-/m0/s1. The second kappa shape index (κ2) is 6.87. The van der Waals surface area contributed by atoms with Crippen molar-refractivity contribution >= 4 is 21.8 Å². The van der Waals surface area contributed by atoms with Gasteiger partial charge < -0.3 is 4.74 Å². The van der Waals surface area contributed by atoms with Gasteiger partial charge in [-0.05, 0) is 26.2 Å². The summed E-state index contributed by atoms with van der Waals surface area (Å²) >= 11 is 0. The Labute approximate surface area is 147 Å². The maximum absolute atomic E-state index is 13.2. The van der Waals surface area contributed by atoms with E-state index in [9.17, 15) is 18.0 Å². The summed E-state index contributed by atoms with van der Waals surface area (Å²) < 4.78 is 34.1. The van der Waals surface area contributed by atoms with Gasteiger partial charge in [0.05, 0.1) is 12.8 Å². The summed E-state index contributed by atoms with van der Waals surface area (Å²) in [5, 5.41) is 3.93. The van der Waals surface area contributed by atoms with Gasteiger partial charge in [-0.2, -0.15) is 9.40 Å². The molecule has 1 aromatic heterocycles. The molecule has 1 aliphatic heterocycles. The van der Waals surface area contributed by atoms with E-state index < -0.39 is 34.0 Å². The molecule has 1 saturated heterocycles. The van der Waals surface area contributed by atoms with Gasteiger partial charge in [0.25, 0.3) is 0 Å². The van der Waals surface area contributed by atoms with E-state index in [1.165, 1.54) is 21.4 Å². The molecule has 0 aromatic carbocycles. The highest BCUT2D eigenvalue weighted by atomic mass is 32.2. The molecule has 8 nitrogen and oxygen atoms in total. The van der Waals surface area contributed by atoms with Crippen molar-refractivity contribution in [2.75, 3.05) is 6.61 Å². The molecule has 0 N–H and O–H groups in total. The number of esters is 1. The molecule has 2 heterocycles. The second-order valence-corrected chi connectivity index (χ2v) is 8.42. The van der Waals surface area contributed by atoms with E-state index in [4.69, 9.17) is 4.74 Å². The molecule has 1 aromatic rings. The quantitative estimate of drug-likeness (QED) is 0.731. The molecule has 3 atom stereocenters. The molecule has 2 fully saturated rings. The van der Waals surface area contributed by atoms with Gasteiger partial charge in [0.15, 0.2) is 0 Å². The number of carbonyl (C=O) groups excluding carboxylic acids is 2. The summed E-state index contributed by atoms with van der Waals surface area (Å²) in [5.74, 6) is -0.986. The highest BCUT2D eigenvalue weighted by molar-refractivity contribution is 7.89. The van der Waals surface area contributed by atoms with Crippen LogP contribution in [0.3, 0.4) is 0 Å². The molecule has 1 aliphatic carbocycles. The molecule has 0 bridgehead atoms. The van der Waals surface area contributed by atoms with Crippen molar-refractivity contribution in [1.29, 1.82) is 0 Å². The second-order valence-electron chi connectivity index (χ2n) is 6.57. The SMILES string of the molecule is CCOC(=O)[C@@H]1C[C@@H]2C(=O)CCCC[C@@H]2N1S(=O)(=O)c1cnn(C)c1. The van der Waals surface area contributed by atoms with Crippen molar-refractivity contribution in [2.45, 2.75) is 56.0 Å². The molecule has 9 heteroatoms.